The summed E-state index contributed by atoms with van der Waals surface area (Å²) in [5.74, 6) is 1.27. The van der Waals surface area contributed by atoms with Gasteiger partial charge in [-0.2, -0.15) is 0 Å². The van der Waals surface area contributed by atoms with Crippen LogP contribution in [0.1, 0.15) is 10.4 Å². The van der Waals surface area contributed by atoms with Crippen molar-refractivity contribution in [2.24, 2.45) is 11.8 Å². The van der Waals surface area contributed by atoms with Gasteiger partial charge in [0.25, 0.3) is 5.91 Å². The molecule has 19 heavy (non-hydrogen) atoms. The first-order valence-electron chi connectivity index (χ1n) is 6.10. The molecule has 1 aromatic rings. The molecule has 104 valence electrons. The van der Waals surface area contributed by atoms with Crippen LogP contribution >= 0.6 is 35.6 Å². The number of benzene rings is 1. The van der Waals surface area contributed by atoms with E-state index < -0.39 is 0 Å². The van der Waals surface area contributed by atoms with Crippen LogP contribution in [0.4, 0.5) is 0 Å². The fraction of sp³-hybridized carbons (Fsp3) is 0.462. The SMILES string of the molecule is Cl.O=C(c1ccc(Cl)c(Cl)c1)N1C[C@H]2CNC[C@H]2C1. The average Bonchev–Trinajstić information content (AvgIpc) is 2.92. The predicted octanol–water partition coefficient (Wildman–Crippen LogP) is 2.71. The quantitative estimate of drug-likeness (QED) is 0.862. The Hall–Kier alpha value is -0.480. The van der Waals surface area contributed by atoms with Crippen LogP contribution in [-0.4, -0.2) is 37.0 Å². The minimum Gasteiger partial charge on any atom is -0.338 e. The summed E-state index contributed by atoms with van der Waals surface area (Å²) in [5, 5.41) is 4.28. The first-order chi connectivity index (χ1) is 8.65. The van der Waals surface area contributed by atoms with Gasteiger partial charge in [-0.25, -0.2) is 0 Å². The van der Waals surface area contributed by atoms with Crippen molar-refractivity contribution in [2.45, 2.75) is 0 Å². The zero-order valence-corrected chi connectivity index (χ0v) is 12.6. The van der Waals surface area contributed by atoms with E-state index in [0.29, 0.717) is 27.4 Å². The first-order valence-corrected chi connectivity index (χ1v) is 6.86. The van der Waals surface area contributed by atoms with Crippen LogP contribution in [0.15, 0.2) is 18.2 Å². The predicted molar refractivity (Wildman–Crippen MR) is 79.5 cm³/mol. The summed E-state index contributed by atoms with van der Waals surface area (Å²) in [7, 11) is 0. The molecule has 0 radical (unpaired) electrons. The number of carbonyl (C=O) groups is 1. The van der Waals surface area contributed by atoms with E-state index >= 15 is 0 Å². The second kappa shape index (κ2) is 5.88. The third-order valence-corrected chi connectivity index (χ3v) is 4.58. The molecule has 2 heterocycles. The number of hydrogen-bond donors (Lipinski definition) is 1. The van der Waals surface area contributed by atoms with E-state index in [0.717, 1.165) is 26.2 Å². The van der Waals surface area contributed by atoms with E-state index in [1.165, 1.54) is 0 Å². The number of amides is 1. The van der Waals surface area contributed by atoms with Crippen LogP contribution < -0.4 is 5.32 Å². The maximum absolute atomic E-state index is 12.3. The Balaban J connectivity index is 0.00000133. The molecule has 0 spiro atoms. The van der Waals surface area contributed by atoms with Gasteiger partial charge < -0.3 is 10.2 Å². The van der Waals surface area contributed by atoms with E-state index in [4.69, 9.17) is 23.2 Å². The maximum Gasteiger partial charge on any atom is 0.253 e. The highest BCUT2D eigenvalue weighted by molar-refractivity contribution is 6.42. The molecule has 2 fully saturated rings. The lowest BCUT2D eigenvalue weighted by atomic mass is 10.0. The molecule has 0 aliphatic carbocycles. The second-order valence-electron chi connectivity index (χ2n) is 5.02. The Morgan fingerprint density at radius 3 is 2.37 bits per heavy atom. The number of fused-ring (bicyclic) bond motifs is 1. The highest BCUT2D eigenvalue weighted by Gasteiger charge is 2.38. The summed E-state index contributed by atoms with van der Waals surface area (Å²) in [5.41, 5.74) is 0.623. The fourth-order valence-electron chi connectivity index (χ4n) is 2.83. The van der Waals surface area contributed by atoms with Crippen LogP contribution in [0.2, 0.25) is 10.0 Å². The summed E-state index contributed by atoms with van der Waals surface area (Å²) < 4.78 is 0. The minimum atomic E-state index is 0. The van der Waals surface area contributed by atoms with Crippen molar-refractivity contribution in [2.75, 3.05) is 26.2 Å². The number of nitrogens with one attached hydrogen (secondary N) is 1. The van der Waals surface area contributed by atoms with Crippen molar-refractivity contribution in [1.29, 1.82) is 0 Å². The van der Waals surface area contributed by atoms with Crippen LogP contribution in [0.5, 0.6) is 0 Å². The molecular formula is C13H15Cl3N2O. The van der Waals surface area contributed by atoms with Crippen molar-refractivity contribution < 1.29 is 4.79 Å². The Morgan fingerprint density at radius 2 is 1.79 bits per heavy atom. The molecule has 6 heteroatoms. The first kappa shape index (κ1) is 14.9. The van der Waals surface area contributed by atoms with Gasteiger partial charge in [-0.3, -0.25) is 4.79 Å². The van der Waals surface area contributed by atoms with Crippen LogP contribution in [0.25, 0.3) is 0 Å². The number of carbonyl (C=O) groups excluding carboxylic acids is 1. The van der Waals surface area contributed by atoms with Crippen LogP contribution in [-0.2, 0) is 0 Å². The van der Waals surface area contributed by atoms with Gasteiger partial charge in [0, 0.05) is 31.7 Å². The summed E-state index contributed by atoms with van der Waals surface area (Å²) >= 11 is 11.8. The van der Waals surface area contributed by atoms with Crippen molar-refractivity contribution >= 4 is 41.5 Å². The lowest BCUT2D eigenvalue weighted by Gasteiger charge is -2.17. The molecule has 1 aromatic carbocycles. The Morgan fingerprint density at radius 1 is 1.16 bits per heavy atom. The molecule has 2 atom stereocenters. The van der Waals surface area contributed by atoms with E-state index in [2.05, 4.69) is 5.32 Å². The largest absolute Gasteiger partial charge is 0.338 e. The Labute approximate surface area is 128 Å². The second-order valence-corrected chi connectivity index (χ2v) is 5.83. The summed E-state index contributed by atoms with van der Waals surface area (Å²) in [6.07, 6.45) is 0. The minimum absolute atomic E-state index is 0. The topological polar surface area (TPSA) is 32.3 Å². The lowest BCUT2D eigenvalue weighted by molar-refractivity contribution is 0.0781. The van der Waals surface area contributed by atoms with E-state index in [1.807, 2.05) is 4.90 Å². The van der Waals surface area contributed by atoms with Gasteiger partial charge in [-0.15, -0.1) is 12.4 Å². The standard InChI is InChI=1S/C13H14Cl2N2O.ClH/c14-11-2-1-8(3-12(11)15)13(18)17-6-9-4-16-5-10(9)7-17;/h1-3,9-10,16H,4-7H2;1H/t9-,10+;. The van der Waals surface area contributed by atoms with Crippen molar-refractivity contribution in [3.63, 3.8) is 0 Å². The maximum atomic E-state index is 12.3. The Bertz CT molecular complexity index is 483. The highest BCUT2D eigenvalue weighted by Crippen LogP contribution is 2.29. The summed E-state index contributed by atoms with van der Waals surface area (Å²) in [6, 6.07) is 5.07. The van der Waals surface area contributed by atoms with Crippen molar-refractivity contribution in [3.8, 4) is 0 Å². The van der Waals surface area contributed by atoms with Gasteiger partial charge in [0.2, 0.25) is 0 Å². The molecule has 0 saturated carbocycles. The van der Waals surface area contributed by atoms with Crippen molar-refractivity contribution in [1.82, 2.24) is 10.2 Å². The van der Waals surface area contributed by atoms with Gasteiger partial charge in [0.05, 0.1) is 10.0 Å². The molecule has 0 bridgehead atoms. The molecular weight excluding hydrogens is 307 g/mol. The molecule has 1 N–H and O–H groups in total. The Kier molecular flexibility index (Phi) is 4.62. The molecule has 3 rings (SSSR count). The molecule has 2 saturated heterocycles. The van der Waals surface area contributed by atoms with Gasteiger partial charge in [-0.05, 0) is 30.0 Å². The molecule has 2 aliphatic rings. The van der Waals surface area contributed by atoms with Gasteiger partial charge >= 0.3 is 0 Å². The van der Waals surface area contributed by atoms with Crippen LogP contribution in [0.3, 0.4) is 0 Å². The van der Waals surface area contributed by atoms with Crippen molar-refractivity contribution in [3.05, 3.63) is 33.8 Å². The zero-order valence-electron chi connectivity index (χ0n) is 10.2. The average molecular weight is 322 g/mol. The molecule has 1 amide bonds. The van der Waals surface area contributed by atoms with E-state index in [1.54, 1.807) is 18.2 Å². The summed E-state index contributed by atoms with van der Waals surface area (Å²) in [6.45, 7) is 3.74. The lowest BCUT2D eigenvalue weighted by Crippen LogP contribution is -2.31. The third-order valence-electron chi connectivity index (χ3n) is 3.84. The molecule has 2 aliphatic heterocycles. The number of hydrogen-bond acceptors (Lipinski definition) is 2. The van der Waals surface area contributed by atoms with Gasteiger partial charge in [0.15, 0.2) is 0 Å². The number of likely N-dealkylation sites (tertiary alicyclic amines) is 1. The third kappa shape index (κ3) is 2.84. The van der Waals surface area contributed by atoms with E-state index in [-0.39, 0.29) is 18.3 Å². The smallest absolute Gasteiger partial charge is 0.253 e. The van der Waals surface area contributed by atoms with E-state index in [9.17, 15) is 4.79 Å². The normalized spacial score (nSPS) is 25.1. The molecule has 3 nitrogen and oxygen atoms in total. The highest BCUT2D eigenvalue weighted by atomic mass is 35.5. The summed E-state index contributed by atoms with van der Waals surface area (Å²) in [4.78, 5) is 14.3. The number of rotatable bonds is 1. The zero-order chi connectivity index (χ0) is 12.7. The number of nitrogens with zero attached hydrogens (tertiary/aromatic N) is 1. The van der Waals surface area contributed by atoms with Gasteiger partial charge in [-0.1, -0.05) is 23.2 Å². The van der Waals surface area contributed by atoms with Crippen LogP contribution in [0, 0.1) is 11.8 Å². The number of halogens is 3. The molecule has 0 unspecified atom stereocenters. The fourth-order valence-corrected chi connectivity index (χ4v) is 3.13. The molecule has 0 aromatic heterocycles. The van der Waals surface area contributed by atoms with Gasteiger partial charge in [0.1, 0.15) is 0 Å². The monoisotopic (exact) mass is 320 g/mol.